The molecule has 0 fully saturated rings. The molecule has 17 heavy (non-hydrogen) atoms. The third-order valence-electron chi connectivity index (χ3n) is 3.03. The average molecular weight is 247 g/mol. The number of H-pyrrole nitrogens is 1. The number of nitrogens with one attached hydrogen (secondary N) is 1. The fraction of sp³-hybridized carbons (Fsp3) is 0.385. The van der Waals surface area contributed by atoms with Crippen molar-refractivity contribution in [2.75, 3.05) is 0 Å². The highest BCUT2D eigenvalue weighted by Crippen LogP contribution is 2.22. The van der Waals surface area contributed by atoms with Gasteiger partial charge in [0.1, 0.15) is 5.82 Å². The van der Waals surface area contributed by atoms with Crippen molar-refractivity contribution in [2.24, 2.45) is 0 Å². The molecular weight excluding hydrogens is 230 g/mol. The Kier molecular flexibility index (Phi) is 3.15. The maximum atomic E-state index is 5.32. The second-order valence-electron chi connectivity index (χ2n) is 4.60. The standard InChI is InChI=1S/C13H17N3S/c1-8(2)12-14-15-13(17)16(12)11-7-5-6-9(3)10(11)4/h5-8H,1-4H3,(H,15,17). The van der Waals surface area contributed by atoms with E-state index >= 15 is 0 Å². The Morgan fingerprint density at radius 3 is 2.65 bits per heavy atom. The van der Waals surface area contributed by atoms with Crippen LogP contribution in [0.2, 0.25) is 0 Å². The van der Waals surface area contributed by atoms with Crippen LogP contribution >= 0.6 is 12.2 Å². The minimum atomic E-state index is 0.336. The zero-order chi connectivity index (χ0) is 12.6. The summed E-state index contributed by atoms with van der Waals surface area (Å²) in [6, 6.07) is 6.24. The van der Waals surface area contributed by atoms with E-state index in [2.05, 4.69) is 56.1 Å². The molecule has 0 aliphatic carbocycles. The molecule has 0 radical (unpaired) electrons. The first-order valence-electron chi connectivity index (χ1n) is 5.76. The van der Waals surface area contributed by atoms with Crippen LogP contribution in [0, 0.1) is 18.6 Å². The van der Waals surface area contributed by atoms with Gasteiger partial charge in [-0.1, -0.05) is 26.0 Å². The molecule has 0 atom stereocenters. The van der Waals surface area contributed by atoms with Crippen LogP contribution in [0.1, 0.15) is 36.7 Å². The summed E-state index contributed by atoms with van der Waals surface area (Å²) in [5.74, 6) is 1.31. The maximum absolute atomic E-state index is 5.32. The molecule has 0 aliphatic heterocycles. The third kappa shape index (κ3) is 2.05. The molecule has 2 rings (SSSR count). The summed E-state index contributed by atoms with van der Waals surface area (Å²) in [6.07, 6.45) is 0. The molecule has 0 spiro atoms. The highest BCUT2D eigenvalue weighted by atomic mass is 32.1. The fourth-order valence-electron chi connectivity index (χ4n) is 1.91. The van der Waals surface area contributed by atoms with Gasteiger partial charge < -0.3 is 0 Å². The number of aryl methyl sites for hydroxylation is 1. The normalized spacial score (nSPS) is 11.1. The van der Waals surface area contributed by atoms with E-state index < -0.39 is 0 Å². The quantitative estimate of drug-likeness (QED) is 0.821. The van der Waals surface area contributed by atoms with Gasteiger partial charge in [-0.05, 0) is 43.3 Å². The zero-order valence-electron chi connectivity index (χ0n) is 10.6. The van der Waals surface area contributed by atoms with Crippen molar-refractivity contribution in [1.82, 2.24) is 14.8 Å². The summed E-state index contributed by atoms with van der Waals surface area (Å²) < 4.78 is 2.69. The lowest BCUT2D eigenvalue weighted by Crippen LogP contribution is -2.05. The molecule has 2 aromatic rings. The highest BCUT2D eigenvalue weighted by molar-refractivity contribution is 7.71. The first kappa shape index (κ1) is 12.0. The Labute approximate surface area is 106 Å². The van der Waals surface area contributed by atoms with Crippen molar-refractivity contribution in [3.05, 3.63) is 39.9 Å². The van der Waals surface area contributed by atoms with E-state index in [1.54, 1.807) is 0 Å². The topological polar surface area (TPSA) is 33.6 Å². The summed E-state index contributed by atoms with van der Waals surface area (Å²) >= 11 is 5.32. The molecule has 0 amide bonds. The number of benzene rings is 1. The summed E-state index contributed by atoms with van der Waals surface area (Å²) in [6.45, 7) is 8.46. The van der Waals surface area contributed by atoms with Gasteiger partial charge in [0.15, 0.2) is 4.77 Å². The SMILES string of the molecule is Cc1cccc(-n2c(C(C)C)n[nH]c2=S)c1C. The van der Waals surface area contributed by atoms with Crippen molar-refractivity contribution in [2.45, 2.75) is 33.6 Å². The number of aromatic amines is 1. The maximum Gasteiger partial charge on any atom is 0.199 e. The van der Waals surface area contributed by atoms with Crippen molar-refractivity contribution in [3.63, 3.8) is 0 Å². The predicted octanol–water partition coefficient (Wildman–Crippen LogP) is 3.67. The molecule has 0 saturated heterocycles. The molecule has 3 nitrogen and oxygen atoms in total. The van der Waals surface area contributed by atoms with E-state index in [-0.39, 0.29) is 0 Å². The van der Waals surface area contributed by atoms with Gasteiger partial charge in [-0.25, -0.2) is 0 Å². The first-order chi connectivity index (χ1) is 8.02. The van der Waals surface area contributed by atoms with Gasteiger partial charge in [-0.2, -0.15) is 5.10 Å². The lowest BCUT2D eigenvalue weighted by atomic mass is 10.1. The second kappa shape index (κ2) is 4.45. The van der Waals surface area contributed by atoms with Gasteiger partial charge in [0.05, 0.1) is 5.69 Å². The average Bonchev–Trinajstić information content (AvgIpc) is 2.65. The molecule has 0 aliphatic rings. The van der Waals surface area contributed by atoms with Crippen LogP contribution < -0.4 is 0 Å². The van der Waals surface area contributed by atoms with E-state index in [0.717, 1.165) is 11.5 Å². The zero-order valence-corrected chi connectivity index (χ0v) is 11.4. The molecule has 4 heteroatoms. The predicted molar refractivity (Wildman–Crippen MR) is 72.3 cm³/mol. The van der Waals surface area contributed by atoms with Crippen molar-refractivity contribution in [3.8, 4) is 5.69 Å². The van der Waals surface area contributed by atoms with Crippen LogP contribution in [0.4, 0.5) is 0 Å². The number of hydrogen-bond donors (Lipinski definition) is 1. The van der Waals surface area contributed by atoms with Gasteiger partial charge in [0.25, 0.3) is 0 Å². The Bertz CT molecular complexity index is 593. The number of aromatic nitrogens is 3. The molecule has 0 unspecified atom stereocenters. The van der Waals surface area contributed by atoms with Crippen LogP contribution in [-0.4, -0.2) is 14.8 Å². The minimum Gasteiger partial charge on any atom is -0.272 e. The molecule has 1 aromatic carbocycles. The van der Waals surface area contributed by atoms with Crippen LogP contribution in [-0.2, 0) is 0 Å². The number of hydrogen-bond acceptors (Lipinski definition) is 2. The van der Waals surface area contributed by atoms with Gasteiger partial charge in [-0.3, -0.25) is 9.67 Å². The Hall–Kier alpha value is -1.42. The molecular formula is C13H17N3S. The Morgan fingerprint density at radius 2 is 2.00 bits per heavy atom. The third-order valence-corrected chi connectivity index (χ3v) is 3.31. The van der Waals surface area contributed by atoms with E-state index in [9.17, 15) is 0 Å². The van der Waals surface area contributed by atoms with Gasteiger partial charge in [0.2, 0.25) is 0 Å². The number of rotatable bonds is 2. The van der Waals surface area contributed by atoms with Crippen molar-refractivity contribution in [1.29, 1.82) is 0 Å². The number of nitrogens with zero attached hydrogens (tertiary/aromatic N) is 2. The fourth-order valence-corrected chi connectivity index (χ4v) is 2.14. The summed E-state index contributed by atoms with van der Waals surface area (Å²) in [5.41, 5.74) is 3.62. The largest absolute Gasteiger partial charge is 0.272 e. The smallest absolute Gasteiger partial charge is 0.199 e. The lowest BCUT2D eigenvalue weighted by Gasteiger charge is -2.13. The summed E-state index contributed by atoms with van der Waals surface area (Å²) in [7, 11) is 0. The second-order valence-corrected chi connectivity index (χ2v) is 4.98. The van der Waals surface area contributed by atoms with Crippen LogP contribution in [0.25, 0.3) is 5.69 Å². The molecule has 0 bridgehead atoms. The monoisotopic (exact) mass is 247 g/mol. The minimum absolute atomic E-state index is 0.336. The Balaban J connectivity index is 2.72. The molecule has 1 aromatic heterocycles. The van der Waals surface area contributed by atoms with Gasteiger partial charge >= 0.3 is 0 Å². The van der Waals surface area contributed by atoms with Crippen LogP contribution in [0.5, 0.6) is 0 Å². The molecule has 0 saturated carbocycles. The summed E-state index contributed by atoms with van der Waals surface area (Å²) in [5, 5.41) is 7.19. The summed E-state index contributed by atoms with van der Waals surface area (Å²) in [4.78, 5) is 0. The Morgan fingerprint density at radius 1 is 1.29 bits per heavy atom. The van der Waals surface area contributed by atoms with E-state index in [1.807, 2.05) is 4.57 Å². The van der Waals surface area contributed by atoms with Gasteiger partial charge in [-0.15, -0.1) is 0 Å². The lowest BCUT2D eigenvalue weighted by molar-refractivity contribution is 0.742. The van der Waals surface area contributed by atoms with E-state index in [4.69, 9.17) is 12.2 Å². The molecule has 1 heterocycles. The first-order valence-corrected chi connectivity index (χ1v) is 6.17. The van der Waals surface area contributed by atoms with Crippen LogP contribution in [0.15, 0.2) is 18.2 Å². The van der Waals surface area contributed by atoms with E-state index in [0.29, 0.717) is 10.7 Å². The molecule has 1 N–H and O–H groups in total. The van der Waals surface area contributed by atoms with Crippen molar-refractivity contribution < 1.29 is 0 Å². The van der Waals surface area contributed by atoms with E-state index in [1.165, 1.54) is 11.1 Å². The van der Waals surface area contributed by atoms with Crippen molar-refractivity contribution >= 4 is 12.2 Å². The van der Waals surface area contributed by atoms with Gasteiger partial charge in [0, 0.05) is 5.92 Å². The molecule has 90 valence electrons. The highest BCUT2D eigenvalue weighted by Gasteiger charge is 2.13. The van der Waals surface area contributed by atoms with Crippen LogP contribution in [0.3, 0.4) is 0 Å².